The highest BCUT2D eigenvalue weighted by molar-refractivity contribution is 7.89. The molecule has 0 fully saturated rings. The maximum Gasteiger partial charge on any atom is 0.244 e. The predicted octanol–water partition coefficient (Wildman–Crippen LogP) is 4.04. The first-order valence-electron chi connectivity index (χ1n) is 8.76. The van der Waals surface area contributed by atoms with Crippen LogP contribution in [-0.2, 0) is 21.4 Å². The number of primary amides is 1. The number of halogens is 3. The van der Waals surface area contributed by atoms with Gasteiger partial charge in [-0.25, -0.2) is 17.2 Å². The highest BCUT2D eigenvalue weighted by Crippen LogP contribution is 2.31. The predicted molar refractivity (Wildman–Crippen MR) is 109 cm³/mol. The number of nitrogens with two attached hydrogens (primary N) is 1. The molecule has 0 spiro atoms. The van der Waals surface area contributed by atoms with Crippen molar-refractivity contribution in [2.75, 3.05) is 0 Å². The first-order chi connectivity index (χ1) is 14.2. The summed E-state index contributed by atoms with van der Waals surface area (Å²) in [5.41, 5.74) is 5.76. The van der Waals surface area contributed by atoms with Gasteiger partial charge < -0.3 is 5.73 Å². The summed E-state index contributed by atoms with van der Waals surface area (Å²) in [6.45, 7) is -0.542. The molecule has 9 heteroatoms. The molecule has 2 N–H and O–H groups in total. The summed E-state index contributed by atoms with van der Waals surface area (Å²) in [5, 5.41) is 0.319. The molecular weight excluding hydrogens is 434 g/mol. The van der Waals surface area contributed by atoms with Crippen molar-refractivity contribution < 1.29 is 22.0 Å². The molecule has 30 heavy (non-hydrogen) atoms. The van der Waals surface area contributed by atoms with E-state index >= 15 is 0 Å². The van der Waals surface area contributed by atoms with Crippen LogP contribution in [0, 0.1) is 11.6 Å². The molecule has 0 saturated heterocycles. The van der Waals surface area contributed by atoms with Gasteiger partial charge in [0.05, 0.1) is 4.90 Å². The number of nitrogens with zero attached hydrogens (tertiary/aromatic N) is 1. The molecule has 3 aromatic rings. The molecule has 0 saturated carbocycles. The summed E-state index contributed by atoms with van der Waals surface area (Å²) in [4.78, 5) is 12.2. The molecule has 0 radical (unpaired) electrons. The molecule has 156 valence electrons. The fourth-order valence-electron chi connectivity index (χ4n) is 2.98. The molecule has 5 nitrogen and oxygen atoms in total. The van der Waals surface area contributed by atoms with Crippen LogP contribution in [0.2, 0.25) is 5.02 Å². The van der Waals surface area contributed by atoms with Crippen LogP contribution in [0.3, 0.4) is 0 Å². The summed E-state index contributed by atoms with van der Waals surface area (Å²) >= 11 is 5.85. The summed E-state index contributed by atoms with van der Waals surface area (Å²) in [6, 6.07) is 14.7. The van der Waals surface area contributed by atoms with E-state index in [1.807, 2.05) is 0 Å². The monoisotopic (exact) mass is 450 g/mol. The highest BCUT2D eigenvalue weighted by Gasteiger charge is 2.36. The zero-order valence-electron chi connectivity index (χ0n) is 15.5. The second-order valence-corrected chi connectivity index (χ2v) is 8.78. The van der Waals surface area contributed by atoms with Crippen LogP contribution in [0.4, 0.5) is 8.78 Å². The van der Waals surface area contributed by atoms with E-state index in [2.05, 4.69) is 0 Å². The lowest BCUT2D eigenvalue weighted by atomic mass is 10.1. The van der Waals surface area contributed by atoms with E-state index in [1.165, 1.54) is 24.3 Å². The fourth-order valence-corrected chi connectivity index (χ4v) is 4.67. The van der Waals surface area contributed by atoms with Crippen molar-refractivity contribution in [3.05, 3.63) is 101 Å². The number of sulfonamides is 1. The zero-order valence-corrected chi connectivity index (χ0v) is 17.1. The van der Waals surface area contributed by atoms with Crippen molar-refractivity contribution in [2.45, 2.75) is 17.5 Å². The van der Waals surface area contributed by atoms with Gasteiger partial charge in [0.15, 0.2) is 0 Å². The molecule has 0 aliphatic heterocycles. The van der Waals surface area contributed by atoms with E-state index in [1.54, 1.807) is 30.3 Å². The van der Waals surface area contributed by atoms with Crippen molar-refractivity contribution >= 4 is 27.5 Å². The molecule has 3 aromatic carbocycles. The minimum absolute atomic E-state index is 0.115. The zero-order chi connectivity index (χ0) is 21.9. The van der Waals surface area contributed by atoms with Crippen molar-refractivity contribution in [1.29, 1.82) is 0 Å². The van der Waals surface area contributed by atoms with Crippen LogP contribution < -0.4 is 5.73 Å². The van der Waals surface area contributed by atoms with Crippen molar-refractivity contribution in [3.63, 3.8) is 0 Å². The lowest BCUT2D eigenvalue weighted by molar-refractivity contribution is -0.122. The molecule has 3 rings (SSSR count). The van der Waals surface area contributed by atoms with E-state index < -0.39 is 40.2 Å². The quantitative estimate of drug-likeness (QED) is 0.590. The van der Waals surface area contributed by atoms with Gasteiger partial charge in [0.2, 0.25) is 15.9 Å². The number of amides is 1. The fraction of sp³-hybridized carbons (Fsp3) is 0.0952. The first kappa shape index (κ1) is 21.9. The Labute approximate surface area is 177 Å². The highest BCUT2D eigenvalue weighted by atomic mass is 35.5. The number of hydrogen-bond donors (Lipinski definition) is 1. The van der Waals surface area contributed by atoms with Gasteiger partial charge in [-0.05, 0) is 35.9 Å². The minimum atomic E-state index is -4.32. The van der Waals surface area contributed by atoms with Crippen molar-refractivity contribution in [1.82, 2.24) is 4.31 Å². The number of benzene rings is 3. The maximum absolute atomic E-state index is 14.3. The van der Waals surface area contributed by atoms with Crippen molar-refractivity contribution in [3.8, 4) is 0 Å². The molecule has 0 aliphatic carbocycles. The largest absolute Gasteiger partial charge is 0.368 e. The SMILES string of the molecule is NC(=O)[C@@H](c1ccccc1)N(Cc1ccc(F)cc1F)S(=O)(=O)c1ccc(Cl)cc1. The van der Waals surface area contributed by atoms with Crippen molar-refractivity contribution in [2.24, 2.45) is 5.73 Å². The Hall–Kier alpha value is -2.81. The average molecular weight is 451 g/mol. The molecule has 0 unspecified atom stereocenters. The second kappa shape index (κ2) is 8.91. The lowest BCUT2D eigenvalue weighted by Crippen LogP contribution is -2.41. The average Bonchev–Trinajstić information content (AvgIpc) is 2.70. The molecule has 0 heterocycles. The van der Waals surface area contributed by atoms with Crippen LogP contribution in [0.1, 0.15) is 17.2 Å². The van der Waals surface area contributed by atoms with Gasteiger partial charge in [-0.2, -0.15) is 4.31 Å². The Morgan fingerprint density at radius 2 is 1.63 bits per heavy atom. The third kappa shape index (κ3) is 4.67. The standard InChI is InChI=1S/C21H17ClF2N2O3S/c22-16-7-10-18(11-8-16)30(28,29)26(13-15-6-9-17(23)12-19(15)24)20(21(25)27)14-4-2-1-3-5-14/h1-12,20H,13H2,(H2,25,27)/t20-/m1/s1. The summed E-state index contributed by atoms with van der Waals surface area (Å²) < 4.78 is 55.3. The molecule has 0 bridgehead atoms. The topological polar surface area (TPSA) is 80.5 Å². The van der Waals surface area contributed by atoms with Crippen LogP contribution >= 0.6 is 11.6 Å². The van der Waals surface area contributed by atoms with E-state index in [0.717, 1.165) is 16.4 Å². The summed E-state index contributed by atoms with van der Waals surface area (Å²) in [7, 11) is -4.32. The third-order valence-electron chi connectivity index (χ3n) is 4.43. The van der Waals surface area contributed by atoms with E-state index in [9.17, 15) is 22.0 Å². The summed E-state index contributed by atoms with van der Waals surface area (Å²) in [6.07, 6.45) is 0. The molecule has 0 aromatic heterocycles. The van der Waals surface area contributed by atoms with Gasteiger partial charge in [-0.15, -0.1) is 0 Å². The van der Waals surface area contributed by atoms with E-state index in [-0.39, 0.29) is 10.5 Å². The maximum atomic E-state index is 14.3. The Kier molecular flexibility index (Phi) is 6.50. The molecule has 1 amide bonds. The number of rotatable bonds is 7. The Morgan fingerprint density at radius 3 is 2.20 bits per heavy atom. The first-order valence-corrected chi connectivity index (χ1v) is 10.6. The van der Waals surface area contributed by atoms with Gasteiger partial charge >= 0.3 is 0 Å². The smallest absolute Gasteiger partial charge is 0.244 e. The van der Waals surface area contributed by atoms with Crippen LogP contribution in [0.15, 0.2) is 77.7 Å². The minimum Gasteiger partial charge on any atom is -0.368 e. The van der Waals surface area contributed by atoms with Crippen LogP contribution in [-0.4, -0.2) is 18.6 Å². The Balaban J connectivity index is 2.16. The number of carbonyl (C=O) groups is 1. The Morgan fingerprint density at radius 1 is 1.00 bits per heavy atom. The van der Waals surface area contributed by atoms with Gasteiger partial charge in [-0.3, -0.25) is 4.79 Å². The molecular formula is C21H17ClF2N2O3S. The Bertz CT molecular complexity index is 1160. The van der Waals surface area contributed by atoms with E-state index in [4.69, 9.17) is 17.3 Å². The number of carbonyl (C=O) groups excluding carboxylic acids is 1. The molecule has 1 atom stereocenters. The number of hydrogen-bond acceptors (Lipinski definition) is 3. The molecule has 0 aliphatic rings. The normalized spacial score (nSPS) is 12.7. The van der Waals surface area contributed by atoms with Gasteiger partial charge in [0.1, 0.15) is 17.7 Å². The van der Waals surface area contributed by atoms with Gasteiger partial charge in [0, 0.05) is 23.2 Å². The van der Waals surface area contributed by atoms with Gasteiger partial charge in [0.25, 0.3) is 0 Å². The van der Waals surface area contributed by atoms with Gasteiger partial charge in [-0.1, -0.05) is 48.0 Å². The van der Waals surface area contributed by atoms with Crippen LogP contribution in [0.5, 0.6) is 0 Å². The summed E-state index contributed by atoms with van der Waals surface area (Å²) in [5.74, 6) is -2.69. The second-order valence-electron chi connectivity index (χ2n) is 6.46. The van der Waals surface area contributed by atoms with E-state index in [0.29, 0.717) is 16.7 Å². The third-order valence-corrected chi connectivity index (χ3v) is 6.51. The lowest BCUT2D eigenvalue weighted by Gasteiger charge is -2.29. The van der Waals surface area contributed by atoms with Crippen LogP contribution in [0.25, 0.3) is 0 Å².